The monoisotopic (exact) mass is 275 g/mol. The summed E-state index contributed by atoms with van der Waals surface area (Å²) in [5.41, 5.74) is 6.81. The van der Waals surface area contributed by atoms with E-state index in [0.29, 0.717) is 33.8 Å². The van der Waals surface area contributed by atoms with Gasteiger partial charge in [0.25, 0.3) is 0 Å². The number of nitrogen functional groups attached to an aromatic ring is 1. The maximum absolute atomic E-state index is 5.72. The standard InChI is InChI=1S/C13H13N3O4/c1-17-9-5-8-6(10(18-2)11(9)19-3)4-7-12(14)20-16-13(7)15-8/h4-5H,14H2,1-3H3. The summed E-state index contributed by atoms with van der Waals surface area (Å²) in [6, 6.07) is 3.56. The van der Waals surface area contributed by atoms with Gasteiger partial charge in [0.15, 0.2) is 11.5 Å². The molecule has 0 unspecified atom stereocenters. The number of benzene rings is 1. The van der Waals surface area contributed by atoms with Crippen LogP contribution in [0.2, 0.25) is 0 Å². The van der Waals surface area contributed by atoms with Crippen LogP contribution in [0, 0.1) is 0 Å². The zero-order valence-electron chi connectivity index (χ0n) is 11.3. The number of fused-ring (bicyclic) bond motifs is 2. The van der Waals surface area contributed by atoms with Gasteiger partial charge in [0, 0.05) is 11.5 Å². The van der Waals surface area contributed by atoms with Gasteiger partial charge in [-0.3, -0.25) is 0 Å². The maximum Gasteiger partial charge on any atom is 0.231 e. The predicted molar refractivity (Wildman–Crippen MR) is 73.4 cm³/mol. The van der Waals surface area contributed by atoms with E-state index in [9.17, 15) is 0 Å². The minimum absolute atomic E-state index is 0.214. The Labute approximate surface area is 114 Å². The summed E-state index contributed by atoms with van der Waals surface area (Å²) >= 11 is 0. The van der Waals surface area contributed by atoms with Crippen LogP contribution in [-0.2, 0) is 0 Å². The Morgan fingerprint density at radius 2 is 1.75 bits per heavy atom. The highest BCUT2D eigenvalue weighted by Crippen LogP contribution is 2.43. The van der Waals surface area contributed by atoms with Crippen LogP contribution in [0.15, 0.2) is 16.7 Å². The van der Waals surface area contributed by atoms with Gasteiger partial charge < -0.3 is 24.5 Å². The van der Waals surface area contributed by atoms with Gasteiger partial charge in [0.2, 0.25) is 17.3 Å². The first-order valence-electron chi connectivity index (χ1n) is 5.84. The number of nitrogens with zero attached hydrogens (tertiary/aromatic N) is 2. The van der Waals surface area contributed by atoms with Gasteiger partial charge in [-0.15, -0.1) is 0 Å². The third-order valence-corrected chi connectivity index (χ3v) is 3.10. The zero-order chi connectivity index (χ0) is 14.3. The summed E-state index contributed by atoms with van der Waals surface area (Å²) in [5, 5.41) is 5.17. The SMILES string of the molecule is COc1cc2nc3noc(N)c3cc2c(OC)c1OC. The van der Waals surface area contributed by atoms with Crippen LogP contribution in [-0.4, -0.2) is 31.5 Å². The van der Waals surface area contributed by atoms with Crippen molar-refractivity contribution < 1.29 is 18.7 Å². The largest absolute Gasteiger partial charge is 0.493 e. The molecule has 2 N–H and O–H groups in total. The molecule has 0 atom stereocenters. The number of anilines is 1. The molecule has 0 spiro atoms. The third-order valence-electron chi connectivity index (χ3n) is 3.10. The van der Waals surface area contributed by atoms with E-state index in [0.717, 1.165) is 5.39 Å². The summed E-state index contributed by atoms with van der Waals surface area (Å²) in [4.78, 5) is 4.39. The molecule has 0 aliphatic carbocycles. The van der Waals surface area contributed by atoms with Crippen LogP contribution in [0.4, 0.5) is 5.88 Å². The first-order valence-corrected chi connectivity index (χ1v) is 5.84. The number of pyridine rings is 1. The van der Waals surface area contributed by atoms with Crippen molar-refractivity contribution in [1.82, 2.24) is 10.1 Å². The minimum Gasteiger partial charge on any atom is -0.493 e. The Kier molecular flexibility index (Phi) is 2.74. The lowest BCUT2D eigenvalue weighted by Crippen LogP contribution is -1.97. The van der Waals surface area contributed by atoms with Crippen LogP contribution in [0.25, 0.3) is 21.9 Å². The van der Waals surface area contributed by atoms with E-state index in [-0.39, 0.29) is 5.88 Å². The van der Waals surface area contributed by atoms with Crippen molar-refractivity contribution in [3.8, 4) is 17.2 Å². The number of rotatable bonds is 3. The lowest BCUT2D eigenvalue weighted by Gasteiger charge is -2.14. The summed E-state index contributed by atoms with van der Waals surface area (Å²) in [5.74, 6) is 1.77. The van der Waals surface area contributed by atoms with E-state index in [1.807, 2.05) is 6.07 Å². The Morgan fingerprint density at radius 3 is 2.40 bits per heavy atom. The van der Waals surface area contributed by atoms with Crippen LogP contribution in [0.3, 0.4) is 0 Å². The number of methoxy groups -OCH3 is 3. The van der Waals surface area contributed by atoms with E-state index in [1.165, 1.54) is 0 Å². The lowest BCUT2D eigenvalue weighted by molar-refractivity contribution is 0.327. The molecule has 7 heteroatoms. The molecule has 0 aliphatic heterocycles. The number of hydrogen-bond donors (Lipinski definition) is 1. The van der Waals surface area contributed by atoms with Gasteiger partial charge >= 0.3 is 0 Å². The fraction of sp³-hybridized carbons (Fsp3) is 0.231. The second-order valence-electron chi connectivity index (χ2n) is 4.12. The van der Waals surface area contributed by atoms with E-state index >= 15 is 0 Å². The van der Waals surface area contributed by atoms with Gasteiger partial charge in [0.05, 0.1) is 32.2 Å². The molecule has 3 rings (SSSR count). The van der Waals surface area contributed by atoms with Gasteiger partial charge in [-0.1, -0.05) is 5.16 Å². The smallest absolute Gasteiger partial charge is 0.231 e. The minimum atomic E-state index is 0.214. The molecular weight excluding hydrogens is 262 g/mol. The number of hydrogen-bond acceptors (Lipinski definition) is 7. The average molecular weight is 275 g/mol. The summed E-state index contributed by atoms with van der Waals surface area (Å²) < 4.78 is 21.0. The van der Waals surface area contributed by atoms with E-state index in [2.05, 4.69) is 10.1 Å². The quantitative estimate of drug-likeness (QED) is 0.781. The molecular formula is C13H13N3O4. The fourth-order valence-corrected chi connectivity index (χ4v) is 2.17. The molecule has 3 aromatic rings. The zero-order valence-corrected chi connectivity index (χ0v) is 11.3. The van der Waals surface area contributed by atoms with Crippen molar-refractivity contribution in [3.05, 3.63) is 12.1 Å². The van der Waals surface area contributed by atoms with Gasteiger partial charge in [-0.25, -0.2) is 4.98 Å². The molecule has 0 saturated heterocycles. The molecule has 0 fully saturated rings. The maximum atomic E-state index is 5.72. The lowest BCUT2D eigenvalue weighted by atomic mass is 10.1. The van der Waals surface area contributed by atoms with Crippen molar-refractivity contribution in [2.24, 2.45) is 0 Å². The molecule has 0 aliphatic rings. The summed E-state index contributed by atoms with van der Waals surface area (Å²) in [7, 11) is 4.65. The van der Waals surface area contributed by atoms with Gasteiger partial charge in [-0.2, -0.15) is 0 Å². The fourth-order valence-electron chi connectivity index (χ4n) is 2.17. The third kappa shape index (κ3) is 1.59. The predicted octanol–water partition coefficient (Wildman–Crippen LogP) is 1.98. The van der Waals surface area contributed by atoms with E-state index in [4.69, 9.17) is 24.5 Å². The Morgan fingerprint density at radius 1 is 1.00 bits per heavy atom. The number of nitrogens with two attached hydrogens (primary N) is 1. The molecule has 7 nitrogen and oxygen atoms in total. The first kappa shape index (κ1) is 12.3. The Balaban J connectivity index is 2.46. The topological polar surface area (TPSA) is 92.6 Å². The van der Waals surface area contributed by atoms with Crippen molar-refractivity contribution >= 4 is 27.8 Å². The Bertz CT molecular complexity index is 797. The van der Waals surface area contributed by atoms with Crippen molar-refractivity contribution in [2.75, 3.05) is 27.1 Å². The highest BCUT2D eigenvalue weighted by Gasteiger charge is 2.19. The average Bonchev–Trinajstić information content (AvgIpc) is 2.83. The molecule has 2 heterocycles. The molecule has 0 radical (unpaired) electrons. The molecule has 0 saturated carbocycles. The summed E-state index contributed by atoms with van der Waals surface area (Å²) in [6.45, 7) is 0. The molecule has 104 valence electrons. The second kappa shape index (κ2) is 4.44. The highest BCUT2D eigenvalue weighted by atomic mass is 16.5. The normalized spacial score (nSPS) is 10.9. The molecule has 1 aromatic carbocycles. The van der Waals surface area contributed by atoms with Crippen molar-refractivity contribution in [2.45, 2.75) is 0 Å². The van der Waals surface area contributed by atoms with Crippen molar-refractivity contribution in [1.29, 1.82) is 0 Å². The van der Waals surface area contributed by atoms with E-state index in [1.54, 1.807) is 27.4 Å². The number of aromatic nitrogens is 2. The van der Waals surface area contributed by atoms with Crippen LogP contribution in [0.5, 0.6) is 17.2 Å². The van der Waals surface area contributed by atoms with Crippen molar-refractivity contribution in [3.63, 3.8) is 0 Å². The Hall–Kier alpha value is -2.70. The second-order valence-corrected chi connectivity index (χ2v) is 4.12. The van der Waals surface area contributed by atoms with Crippen LogP contribution < -0.4 is 19.9 Å². The summed E-state index contributed by atoms with van der Waals surface area (Å²) in [6.07, 6.45) is 0. The molecule has 0 amide bonds. The molecule has 20 heavy (non-hydrogen) atoms. The van der Waals surface area contributed by atoms with Crippen LogP contribution >= 0.6 is 0 Å². The first-order chi connectivity index (χ1) is 9.69. The van der Waals surface area contributed by atoms with E-state index < -0.39 is 0 Å². The van der Waals surface area contributed by atoms with Gasteiger partial charge in [0.1, 0.15) is 0 Å². The van der Waals surface area contributed by atoms with Gasteiger partial charge in [-0.05, 0) is 6.07 Å². The van der Waals surface area contributed by atoms with Crippen LogP contribution in [0.1, 0.15) is 0 Å². The molecule has 0 bridgehead atoms. The highest BCUT2D eigenvalue weighted by molar-refractivity contribution is 6.00. The number of ether oxygens (including phenoxy) is 3. The molecule has 2 aromatic heterocycles.